The molecule has 1 N–H and O–H groups in total. The van der Waals surface area contributed by atoms with E-state index >= 15 is 0 Å². The maximum atomic E-state index is 12.7. The van der Waals surface area contributed by atoms with E-state index in [0.29, 0.717) is 11.3 Å². The van der Waals surface area contributed by atoms with Gasteiger partial charge in [-0.2, -0.15) is 13.2 Å². The van der Waals surface area contributed by atoms with E-state index in [1.165, 1.54) is 19.3 Å². The molecule has 0 unspecified atom stereocenters. The molecule has 126 valence electrons. The number of hydrogen-bond acceptors (Lipinski definition) is 2. The summed E-state index contributed by atoms with van der Waals surface area (Å²) in [7, 11) is 1.50. The van der Waals surface area contributed by atoms with Crippen LogP contribution in [0.25, 0.3) is 6.08 Å². The van der Waals surface area contributed by atoms with Gasteiger partial charge in [0.2, 0.25) is 5.91 Å². The fourth-order valence-electron chi connectivity index (χ4n) is 1.94. The predicted molar refractivity (Wildman–Crippen MR) is 87.1 cm³/mol. The number of para-hydroxylation sites is 1. The van der Waals surface area contributed by atoms with E-state index in [4.69, 9.17) is 16.3 Å². The summed E-state index contributed by atoms with van der Waals surface area (Å²) in [5.41, 5.74) is -0.345. The van der Waals surface area contributed by atoms with Gasteiger partial charge in [0.05, 0.1) is 23.4 Å². The minimum absolute atomic E-state index is 0.0158. The number of amides is 1. The molecule has 0 spiro atoms. The lowest BCUT2D eigenvalue weighted by Crippen LogP contribution is -2.11. The van der Waals surface area contributed by atoms with E-state index in [9.17, 15) is 18.0 Å². The highest BCUT2D eigenvalue weighted by atomic mass is 35.5. The minimum Gasteiger partial charge on any atom is -0.496 e. The van der Waals surface area contributed by atoms with Gasteiger partial charge in [-0.15, -0.1) is 0 Å². The second-order valence-electron chi connectivity index (χ2n) is 4.76. The molecular formula is C17H13ClF3NO2. The summed E-state index contributed by atoms with van der Waals surface area (Å²) in [5, 5.41) is 2.35. The van der Waals surface area contributed by atoms with Crippen LogP contribution in [0, 0.1) is 0 Å². The van der Waals surface area contributed by atoms with Crippen molar-refractivity contribution in [2.75, 3.05) is 12.4 Å². The molecule has 2 aromatic carbocycles. The van der Waals surface area contributed by atoms with Gasteiger partial charge in [0.25, 0.3) is 0 Å². The molecule has 0 fully saturated rings. The van der Waals surface area contributed by atoms with Gasteiger partial charge in [-0.25, -0.2) is 0 Å². The number of carbonyl (C=O) groups excluding carboxylic acids is 1. The van der Waals surface area contributed by atoms with E-state index < -0.39 is 17.6 Å². The highest BCUT2D eigenvalue weighted by molar-refractivity contribution is 6.33. The molecule has 0 bridgehead atoms. The zero-order chi connectivity index (χ0) is 17.7. The number of halogens is 4. The van der Waals surface area contributed by atoms with Gasteiger partial charge in [-0.1, -0.05) is 29.8 Å². The molecule has 0 aliphatic heterocycles. The summed E-state index contributed by atoms with van der Waals surface area (Å²) in [6.45, 7) is 0. The number of ether oxygens (including phenoxy) is 1. The number of anilines is 1. The first-order chi connectivity index (χ1) is 11.3. The Morgan fingerprint density at radius 1 is 1.21 bits per heavy atom. The van der Waals surface area contributed by atoms with Crippen molar-refractivity contribution in [3.63, 3.8) is 0 Å². The predicted octanol–water partition coefficient (Wildman–Crippen LogP) is 5.02. The van der Waals surface area contributed by atoms with Crippen LogP contribution in [0.2, 0.25) is 5.02 Å². The van der Waals surface area contributed by atoms with Crippen LogP contribution in [0.4, 0.5) is 18.9 Å². The van der Waals surface area contributed by atoms with Gasteiger partial charge in [0, 0.05) is 11.6 Å². The van der Waals surface area contributed by atoms with Crippen molar-refractivity contribution in [1.29, 1.82) is 0 Å². The van der Waals surface area contributed by atoms with Crippen molar-refractivity contribution < 1.29 is 22.7 Å². The fraction of sp³-hybridized carbons (Fsp3) is 0.118. The van der Waals surface area contributed by atoms with Gasteiger partial charge in [-0.05, 0) is 30.3 Å². The zero-order valence-corrected chi connectivity index (χ0v) is 13.3. The lowest BCUT2D eigenvalue weighted by Gasteiger charge is -2.10. The number of alkyl halides is 3. The van der Waals surface area contributed by atoms with E-state index in [2.05, 4.69) is 5.32 Å². The summed E-state index contributed by atoms with van der Waals surface area (Å²) < 4.78 is 43.3. The van der Waals surface area contributed by atoms with Gasteiger partial charge < -0.3 is 10.1 Å². The monoisotopic (exact) mass is 355 g/mol. The van der Waals surface area contributed by atoms with Crippen LogP contribution in [0.3, 0.4) is 0 Å². The summed E-state index contributed by atoms with van der Waals surface area (Å²) >= 11 is 5.83. The zero-order valence-electron chi connectivity index (χ0n) is 12.5. The molecule has 2 rings (SSSR count). The van der Waals surface area contributed by atoms with Crippen LogP contribution in [-0.4, -0.2) is 13.0 Å². The van der Waals surface area contributed by atoms with Crippen LogP contribution < -0.4 is 10.1 Å². The first-order valence-electron chi connectivity index (χ1n) is 6.80. The molecule has 24 heavy (non-hydrogen) atoms. The van der Waals surface area contributed by atoms with E-state index in [0.717, 1.165) is 18.2 Å². The van der Waals surface area contributed by atoms with Crippen molar-refractivity contribution in [2.24, 2.45) is 0 Å². The molecule has 0 radical (unpaired) electrons. The average molecular weight is 356 g/mol. The maximum absolute atomic E-state index is 12.7. The standard InChI is InChI=1S/C17H13ClF3NO2/c1-24-15-5-3-2-4-11(15)6-9-16(23)22-14-10-12(17(19,20)21)7-8-13(14)18/h2-10H,1H3,(H,22,23)/b9-6+. The molecule has 3 nitrogen and oxygen atoms in total. The highest BCUT2D eigenvalue weighted by Gasteiger charge is 2.31. The van der Waals surface area contributed by atoms with Crippen LogP contribution >= 0.6 is 11.6 Å². The molecule has 0 aliphatic carbocycles. The Morgan fingerprint density at radius 3 is 2.58 bits per heavy atom. The van der Waals surface area contributed by atoms with Gasteiger partial charge in [0.1, 0.15) is 5.75 Å². The Balaban J connectivity index is 2.17. The van der Waals surface area contributed by atoms with Crippen LogP contribution in [0.5, 0.6) is 5.75 Å². The second kappa shape index (κ2) is 7.40. The normalized spacial score (nSPS) is 11.5. The first-order valence-corrected chi connectivity index (χ1v) is 7.18. The lowest BCUT2D eigenvalue weighted by atomic mass is 10.1. The number of nitrogens with one attached hydrogen (secondary N) is 1. The van der Waals surface area contributed by atoms with Gasteiger partial charge in [-0.3, -0.25) is 4.79 Å². The van der Waals surface area contributed by atoms with Crippen molar-refractivity contribution in [3.8, 4) is 5.75 Å². The topological polar surface area (TPSA) is 38.3 Å². The number of carbonyl (C=O) groups is 1. The molecule has 1 amide bonds. The summed E-state index contributed by atoms with van der Waals surface area (Å²) in [6, 6.07) is 9.73. The van der Waals surface area contributed by atoms with Crippen LogP contribution in [-0.2, 0) is 11.0 Å². The third kappa shape index (κ3) is 4.52. The van der Waals surface area contributed by atoms with Crippen molar-refractivity contribution in [3.05, 3.63) is 64.7 Å². The van der Waals surface area contributed by atoms with Crippen LogP contribution in [0.15, 0.2) is 48.5 Å². The first kappa shape index (κ1) is 17.9. The average Bonchev–Trinajstić information content (AvgIpc) is 2.54. The minimum atomic E-state index is -4.52. The van der Waals surface area contributed by atoms with Crippen molar-refractivity contribution in [2.45, 2.75) is 6.18 Å². The molecular weight excluding hydrogens is 343 g/mol. The molecule has 2 aromatic rings. The Bertz CT molecular complexity index is 773. The second-order valence-corrected chi connectivity index (χ2v) is 5.16. The lowest BCUT2D eigenvalue weighted by molar-refractivity contribution is -0.137. The third-order valence-electron chi connectivity index (χ3n) is 3.10. The van der Waals surface area contributed by atoms with Crippen molar-refractivity contribution in [1.82, 2.24) is 0 Å². The molecule has 0 heterocycles. The summed E-state index contributed by atoms with van der Waals surface area (Å²) in [5.74, 6) is -0.0409. The maximum Gasteiger partial charge on any atom is 0.416 e. The Labute approximate surface area is 141 Å². The molecule has 0 aliphatic rings. The van der Waals surface area contributed by atoms with Crippen LogP contribution in [0.1, 0.15) is 11.1 Å². The number of methoxy groups -OCH3 is 1. The summed E-state index contributed by atoms with van der Waals surface area (Å²) in [4.78, 5) is 11.9. The molecule has 0 saturated carbocycles. The molecule has 0 atom stereocenters. The Morgan fingerprint density at radius 2 is 1.92 bits per heavy atom. The number of benzene rings is 2. The number of rotatable bonds is 4. The largest absolute Gasteiger partial charge is 0.496 e. The van der Waals surface area contributed by atoms with Gasteiger partial charge in [0.15, 0.2) is 0 Å². The van der Waals surface area contributed by atoms with E-state index in [-0.39, 0.29) is 10.7 Å². The SMILES string of the molecule is COc1ccccc1/C=C/C(=O)Nc1cc(C(F)(F)F)ccc1Cl. The van der Waals surface area contributed by atoms with E-state index in [1.807, 2.05) is 0 Å². The quantitative estimate of drug-likeness (QED) is 0.782. The molecule has 0 aromatic heterocycles. The van der Waals surface area contributed by atoms with Crippen molar-refractivity contribution >= 4 is 29.3 Å². The smallest absolute Gasteiger partial charge is 0.416 e. The molecule has 0 saturated heterocycles. The fourth-order valence-corrected chi connectivity index (χ4v) is 2.11. The van der Waals surface area contributed by atoms with E-state index in [1.54, 1.807) is 24.3 Å². The molecule has 7 heteroatoms. The number of hydrogen-bond donors (Lipinski definition) is 1. The highest BCUT2D eigenvalue weighted by Crippen LogP contribution is 2.33. The Kier molecular flexibility index (Phi) is 5.51. The van der Waals surface area contributed by atoms with Gasteiger partial charge >= 0.3 is 6.18 Å². The third-order valence-corrected chi connectivity index (χ3v) is 3.43. The Hall–Kier alpha value is -2.47. The summed E-state index contributed by atoms with van der Waals surface area (Å²) in [6.07, 6.45) is -1.83.